The lowest BCUT2D eigenvalue weighted by atomic mass is 10.0. The van der Waals surface area contributed by atoms with E-state index in [-0.39, 0.29) is 5.91 Å². The van der Waals surface area contributed by atoms with Crippen molar-refractivity contribution in [1.29, 1.82) is 0 Å². The maximum Gasteiger partial charge on any atom is 0.253 e. The molecule has 6 heteroatoms. The first kappa shape index (κ1) is 23.2. The van der Waals surface area contributed by atoms with Crippen LogP contribution in [0.3, 0.4) is 0 Å². The maximum absolute atomic E-state index is 13.0. The fourth-order valence-electron chi connectivity index (χ4n) is 4.89. The largest absolute Gasteiger partial charge is 0.336 e. The van der Waals surface area contributed by atoms with Gasteiger partial charge in [0.1, 0.15) is 11.3 Å². The molecule has 6 nitrogen and oxygen atoms in total. The van der Waals surface area contributed by atoms with E-state index >= 15 is 0 Å². The van der Waals surface area contributed by atoms with E-state index in [4.69, 9.17) is 9.97 Å². The SMILES string of the molecule is CCc1nc2c(C)cc(C)nc2n1Cc1ccc(-c2cccc(C(=O)N3CCN(C)CC3)c2)cc1. The molecule has 1 aliphatic heterocycles. The number of imidazole rings is 1. The number of pyridine rings is 1. The summed E-state index contributed by atoms with van der Waals surface area (Å²) >= 11 is 0. The monoisotopic (exact) mass is 467 g/mol. The van der Waals surface area contributed by atoms with Crippen molar-refractivity contribution in [1.82, 2.24) is 24.3 Å². The third-order valence-corrected chi connectivity index (χ3v) is 6.95. The molecule has 0 unspecified atom stereocenters. The van der Waals surface area contributed by atoms with Crippen molar-refractivity contribution in [2.24, 2.45) is 0 Å². The molecule has 5 rings (SSSR count). The number of carbonyl (C=O) groups is 1. The molecule has 1 aliphatic rings. The van der Waals surface area contributed by atoms with Crippen molar-refractivity contribution in [3.63, 3.8) is 0 Å². The molecule has 0 aliphatic carbocycles. The number of benzene rings is 2. The lowest BCUT2D eigenvalue weighted by molar-refractivity contribution is 0.0664. The number of fused-ring (bicyclic) bond motifs is 1. The molecule has 35 heavy (non-hydrogen) atoms. The highest BCUT2D eigenvalue weighted by Gasteiger charge is 2.20. The number of hydrogen-bond donors (Lipinski definition) is 0. The predicted octanol–water partition coefficient (Wildman–Crippen LogP) is 4.71. The molecule has 0 spiro atoms. The Kier molecular flexibility index (Phi) is 6.39. The molecule has 0 radical (unpaired) electrons. The van der Waals surface area contributed by atoms with Gasteiger partial charge in [-0.1, -0.05) is 43.3 Å². The second-order valence-corrected chi connectivity index (χ2v) is 9.59. The van der Waals surface area contributed by atoms with E-state index in [1.54, 1.807) is 0 Å². The molecule has 1 amide bonds. The Hall–Kier alpha value is -3.51. The van der Waals surface area contributed by atoms with Crippen molar-refractivity contribution >= 4 is 17.1 Å². The zero-order valence-electron chi connectivity index (χ0n) is 21.1. The fraction of sp³-hybridized carbons (Fsp3) is 0.345. The predicted molar refractivity (Wildman–Crippen MR) is 141 cm³/mol. The van der Waals surface area contributed by atoms with Crippen LogP contribution < -0.4 is 0 Å². The van der Waals surface area contributed by atoms with Gasteiger partial charge in [-0.05, 0) is 61.3 Å². The number of carbonyl (C=O) groups excluding carboxylic acids is 1. The quantitative estimate of drug-likeness (QED) is 0.426. The van der Waals surface area contributed by atoms with Crippen LogP contribution in [0.4, 0.5) is 0 Å². The Bertz CT molecular complexity index is 1360. The van der Waals surface area contributed by atoms with Crippen LogP contribution in [0.5, 0.6) is 0 Å². The summed E-state index contributed by atoms with van der Waals surface area (Å²) in [5.41, 5.74) is 8.26. The number of aromatic nitrogens is 3. The summed E-state index contributed by atoms with van der Waals surface area (Å²) in [6, 6.07) is 18.7. The molecule has 2 aromatic carbocycles. The van der Waals surface area contributed by atoms with Gasteiger partial charge >= 0.3 is 0 Å². The highest BCUT2D eigenvalue weighted by Crippen LogP contribution is 2.24. The Labute approximate surface area is 207 Å². The first-order chi connectivity index (χ1) is 16.9. The average Bonchev–Trinajstić information content (AvgIpc) is 3.22. The molecule has 2 aromatic heterocycles. The van der Waals surface area contributed by atoms with Gasteiger partial charge in [0.15, 0.2) is 5.65 Å². The standard InChI is InChI=1S/C29H33N5O/c1-5-26-31-27-20(2)17-21(3)30-28(27)34(26)19-22-9-11-23(12-10-22)24-7-6-8-25(18-24)29(35)33-15-13-32(4)14-16-33/h6-12,17-18H,5,13-16,19H2,1-4H3. The van der Waals surface area contributed by atoms with Gasteiger partial charge in [0.2, 0.25) is 0 Å². The average molecular weight is 468 g/mol. The number of amides is 1. The van der Waals surface area contributed by atoms with Crippen LogP contribution in [0, 0.1) is 13.8 Å². The third kappa shape index (κ3) is 4.71. The van der Waals surface area contributed by atoms with E-state index in [0.29, 0.717) is 0 Å². The number of likely N-dealkylation sites (N-methyl/N-ethyl adjacent to an activating group) is 1. The Balaban J connectivity index is 1.38. The number of hydrogen-bond acceptors (Lipinski definition) is 4. The third-order valence-electron chi connectivity index (χ3n) is 6.95. The Morgan fingerprint density at radius 1 is 0.914 bits per heavy atom. The maximum atomic E-state index is 13.0. The van der Waals surface area contributed by atoms with E-state index in [0.717, 1.165) is 78.5 Å². The minimum absolute atomic E-state index is 0.119. The van der Waals surface area contributed by atoms with Crippen LogP contribution in [0.1, 0.15) is 39.9 Å². The molecule has 3 heterocycles. The Morgan fingerprint density at radius 2 is 1.66 bits per heavy atom. The Morgan fingerprint density at radius 3 is 2.37 bits per heavy atom. The van der Waals surface area contributed by atoms with Crippen LogP contribution in [-0.4, -0.2) is 63.5 Å². The first-order valence-corrected chi connectivity index (χ1v) is 12.4. The highest BCUT2D eigenvalue weighted by atomic mass is 16.2. The van der Waals surface area contributed by atoms with E-state index in [2.05, 4.69) is 66.8 Å². The van der Waals surface area contributed by atoms with Crippen LogP contribution in [0.15, 0.2) is 54.6 Å². The van der Waals surface area contributed by atoms with Crippen molar-refractivity contribution in [3.05, 3.63) is 82.8 Å². The van der Waals surface area contributed by atoms with E-state index in [1.807, 2.05) is 30.0 Å². The van der Waals surface area contributed by atoms with Gasteiger partial charge in [0.25, 0.3) is 5.91 Å². The number of aryl methyl sites for hydroxylation is 3. The van der Waals surface area contributed by atoms with Gasteiger partial charge in [-0.3, -0.25) is 4.79 Å². The van der Waals surface area contributed by atoms with Crippen LogP contribution in [-0.2, 0) is 13.0 Å². The number of piperazine rings is 1. The fourth-order valence-corrected chi connectivity index (χ4v) is 4.89. The van der Waals surface area contributed by atoms with Gasteiger partial charge in [0, 0.05) is 43.9 Å². The molecule has 0 saturated carbocycles. The molecular weight excluding hydrogens is 434 g/mol. The van der Waals surface area contributed by atoms with Gasteiger partial charge in [-0.15, -0.1) is 0 Å². The van der Waals surface area contributed by atoms with Crippen LogP contribution in [0.2, 0.25) is 0 Å². The minimum atomic E-state index is 0.119. The molecule has 1 saturated heterocycles. The number of rotatable bonds is 5. The summed E-state index contributed by atoms with van der Waals surface area (Å²) in [5, 5.41) is 0. The summed E-state index contributed by atoms with van der Waals surface area (Å²) < 4.78 is 2.24. The van der Waals surface area contributed by atoms with Crippen LogP contribution >= 0.6 is 0 Å². The topological polar surface area (TPSA) is 54.3 Å². The van der Waals surface area contributed by atoms with Crippen molar-refractivity contribution in [2.75, 3.05) is 33.2 Å². The normalized spacial score (nSPS) is 14.6. The van der Waals surface area contributed by atoms with Gasteiger partial charge in [-0.25, -0.2) is 9.97 Å². The lowest BCUT2D eigenvalue weighted by Crippen LogP contribution is -2.47. The molecule has 0 N–H and O–H groups in total. The highest BCUT2D eigenvalue weighted by molar-refractivity contribution is 5.95. The second kappa shape index (κ2) is 9.62. The van der Waals surface area contributed by atoms with Crippen molar-refractivity contribution < 1.29 is 4.79 Å². The van der Waals surface area contributed by atoms with Crippen molar-refractivity contribution in [2.45, 2.75) is 33.7 Å². The summed E-state index contributed by atoms with van der Waals surface area (Å²) in [6.07, 6.45) is 0.862. The molecule has 0 bridgehead atoms. The number of nitrogens with zero attached hydrogens (tertiary/aromatic N) is 5. The van der Waals surface area contributed by atoms with Crippen molar-refractivity contribution in [3.8, 4) is 11.1 Å². The zero-order chi connectivity index (χ0) is 24.5. The summed E-state index contributed by atoms with van der Waals surface area (Å²) in [7, 11) is 2.10. The second-order valence-electron chi connectivity index (χ2n) is 9.59. The molecule has 180 valence electrons. The van der Waals surface area contributed by atoms with Gasteiger partial charge < -0.3 is 14.4 Å². The molecule has 0 atom stereocenters. The molecule has 4 aromatic rings. The van der Waals surface area contributed by atoms with E-state index < -0.39 is 0 Å². The smallest absolute Gasteiger partial charge is 0.253 e. The molecule has 1 fully saturated rings. The summed E-state index contributed by atoms with van der Waals surface area (Å²) in [5.74, 6) is 1.18. The van der Waals surface area contributed by atoms with E-state index in [9.17, 15) is 4.79 Å². The van der Waals surface area contributed by atoms with Gasteiger partial charge in [-0.2, -0.15) is 0 Å². The van der Waals surface area contributed by atoms with Crippen LogP contribution in [0.25, 0.3) is 22.3 Å². The summed E-state index contributed by atoms with van der Waals surface area (Å²) in [6.45, 7) is 10.4. The minimum Gasteiger partial charge on any atom is -0.336 e. The first-order valence-electron chi connectivity index (χ1n) is 12.4. The zero-order valence-corrected chi connectivity index (χ0v) is 21.1. The lowest BCUT2D eigenvalue weighted by Gasteiger charge is -2.32. The van der Waals surface area contributed by atoms with Gasteiger partial charge in [0.05, 0.1) is 6.54 Å². The molecular formula is C29H33N5O. The summed E-state index contributed by atoms with van der Waals surface area (Å²) in [4.78, 5) is 26.9. The van der Waals surface area contributed by atoms with E-state index in [1.165, 1.54) is 11.1 Å².